The van der Waals surface area contributed by atoms with Crippen molar-refractivity contribution in [3.8, 4) is 0 Å². The molecule has 0 amide bonds. The van der Waals surface area contributed by atoms with Gasteiger partial charge in [0.2, 0.25) is 0 Å². The molecule has 0 heteroatoms. The highest BCUT2D eigenvalue weighted by atomic mass is 14.0. The molecule has 0 aliphatic heterocycles. The van der Waals surface area contributed by atoms with E-state index in [-0.39, 0.29) is 0 Å². The first-order valence-corrected chi connectivity index (χ1v) is 4.94. The zero-order valence-corrected chi connectivity index (χ0v) is 9.16. The monoisotopic (exact) mass is 196 g/mol. The van der Waals surface area contributed by atoms with Crippen molar-refractivity contribution in [1.82, 2.24) is 0 Å². The van der Waals surface area contributed by atoms with Gasteiger partial charge in [0, 0.05) is 0 Å². The zero-order chi connectivity index (χ0) is 11.3. The molecule has 0 spiro atoms. The minimum absolute atomic E-state index is 0.902. The van der Waals surface area contributed by atoms with Crippen LogP contribution < -0.4 is 10.4 Å². The van der Waals surface area contributed by atoms with Crippen LogP contribution in [0.4, 0.5) is 0 Å². The van der Waals surface area contributed by atoms with Gasteiger partial charge in [0.15, 0.2) is 0 Å². The van der Waals surface area contributed by atoms with Gasteiger partial charge in [-0.05, 0) is 28.5 Å². The smallest absolute Gasteiger partial charge is 0.0109 e. The van der Waals surface area contributed by atoms with E-state index < -0.39 is 0 Å². The van der Waals surface area contributed by atoms with Gasteiger partial charge in [0.1, 0.15) is 0 Å². The highest BCUT2D eigenvalue weighted by Gasteiger charge is 1.96. The van der Waals surface area contributed by atoms with Crippen LogP contribution in [-0.4, -0.2) is 0 Å². The summed E-state index contributed by atoms with van der Waals surface area (Å²) in [4.78, 5) is 0. The predicted molar refractivity (Wildman–Crippen MR) is 68.8 cm³/mol. The Morgan fingerprint density at radius 2 is 1.80 bits per heavy atom. The molecule has 76 valence electrons. The molecule has 1 aromatic rings. The van der Waals surface area contributed by atoms with Crippen molar-refractivity contribution in [3.05, 3.63) is 72.2 Å². The lowest BCUT2D eigenvalue weighted by Gasteiger charge is -2.01. The molecule has 0 bridgehead atoms. The summed E-state index contributed by atoms with van der Waals surface area (Å²) in [6.07, 6.45) is 5.66. The van der Waals surface area contributed by atoms with E-state index in [1.54, 1.807) is 6.08 Å². The van der Waals surface area contributed by atoms with Crippen LogP contribution in [0.3, 0.4) is 0 Å². The second kappa shape index (κ2) is 5.16. The Morgan fingerprint density at radius 1 is 1.13 bits per heavy atom. The van der Waals surface area contributed by atoms with Gasteiger partial charge >= 0.3 is 0 Å². The van der Waals surface area contributed by atoms with Crippen molar-refractivity contribution >= 4 is 11.6 Å². The van der Waals surface area contributed by atoms with Crippen LogP contribution in [-0.2, 0) is 0 Å². The van der Waals surface area contributed by atoms with Crippen LogP contribution >= 0.6 is 0 Å². The van der Waals surface area contributed by atoms with Crippen molar-refractivity contribution in [1.29, 1.82) is 0 Å². The molecule has 0 aromatic heterocycles. The number of hydrogen-bond acceptors (Lipinski definition) is 0. The highest BCUT2D eigenvalue weighted by molar-refractivity contribution is 5.74. The molecule has 0 saturated heterocycles. The van der Waals surface area contributed by atoms with Gasteiger partial charge in [-0.25, -0.2) is 0 Å². The minimum atomic E-state index is 0.902. The number of allylic oxidation sites excluding steroid dienone is 3. The predicted octanol–water partition coefficient (Wildman–Crippen LogP) is 2.57. The summed E-state index contributed by atoms with van der Waals surface area (Å²) in [7, 11) is 0. The van der Waals surface area contributed by atoms with E-state index in [1.807, 2.05) is 25.1 Å². The first-order valence-electron chi connectivity index (χ1n) is 4.94. The van der Waals surface area contributed by atoms with Crippen LogP contribution in [0.15, 0.2) is 61.7 Å². The van der Waals surface area contributed by atoms with Gasteiger partial charge < -0.3 is 0 Å². The van der Waals surface area contributed by atoms with E-state index >= 15 is 0 Å². The molecule has 0 atom stereocenters. The Bertz CT molecular complexity index is 501. The lowest BCUT2D eigenvalue weighted by atomic mass is 10.0. The van der Waals surface area contributed by atoms with Crippen LogP contribution in [0.2, 0.25) is 0 Å². The summed E-state index contributed by atoms with van der Waals surface area (Å²) < 4.78 is 0. The highest BCUT2D eigenvalue weighted by Crippen LogP contribution is 2.07. The first kappa shape index (κ1) is 11.3. The zero-order valence-electron chi connectivity index (χ0n) is 9.16. The summed E-state index contributed by atoms with van der Waals surface area (Å²) in [6.45, 7) is 13.5. The van der Waals surface area contributed by atoms with Crippen molar-refractivity contribution in [2.45, 2.75) is 6.92 Å². The SMILES string of the molecule is C=CC(=C)/C(C=C)=c1/cccc/c1=C/C. The molecule has 1 rings (SSSR count). The molecule has 0 N–H and O–H groups in total. The lowest BCUT2D eigenvalue weighted by molar-refractivity contribution is 1.48. The maximum Gasteiger partial charge on any atom is -0.0109 e. The van der Waals surface area contributed by atoms with Gasteiger partial charge in [-0.15, -0.1) is 0 Å². The molecule has 0 fully saturated rings. The van der Waals surface area contributed by atoms with Gasteiger partial charge in [-0.3, -0.25) is 0 Å². The minimum Gasteiger partial charge on any atom is -0.0985 e. The fraction of sp³-hybridized carbons (Fsp3) is 0.0667. The molecule has 1 aromatic carbocycles. The molecule has 0 heterocycles. The summed E-state index contributed by atoms with van der Waals surface area (Å²) >= 11 is 0. The van der Waals surface area contributed by atoms with Gasteiger partial charge in [-0.2, -0.15) is 0 Å². The molecule has 15 heavy (non-hydrogen) atoms. The largest absolute Gasteiger partial charge is 0.0985 e. The molecule has 0 aliphatic rings. The van der Waals surface area contributed by atoms with Crippen LogP contribution in [0.5, 0.6) is 0 Å². The van der Waals surface area contributed by atoms with E-state index in [9.17, 15) is 0 Å². The average molecular weight is 196 g/mol. The van der Waals surface area contributed by atoms with E-state index in [0.29, 0.717) is 0 Å². The molecule has 0 saturated carbocycles. The Labute approximate surface area is 91.3 Å². The van der Waals surface area contributed by atoms with E-state index in [1.165, 1.54) is 5.22 Å². The fourth-order valence-corrected chi connectivity index (χ4v) is 1.52. The molecular formula is C15H16. The standard InChI is InChI=1S/C15H16/c1-5-12(4)14(7-3)15-11-9-8-10-13(15)6-2/h5-11H,1,3-4H2,2H3/b13-6-,15-14-. The van der Waals surface area contributed by atoms with Crippen LogP contribution in [0.25, 0.3) is 11.6 Å². The van der Waals surface area contributed by atoms with Crippen molar-refractivity contribution in [2.24, 2.45) is 0 Å². The van der Waals surface area contributed by atoms with Crippen LogP contribution in [0, 0.1) is 0 Å². The van der Waals surface area contributed by atoms with Gasteiger partial charge in [0.05, 0.1) is 0 Å². The van der Waals surface area contributed by atoms with Crippen molar-refractivity contribution < 1.29 is 0 Å². The summed E-state index contributed by atoms with van der Waals surface area (Å²) in [5, 5.41) is 2.34. The second-order valence-corrected chi connectivity index (χ2v) is 3.22. The van der Waals surface area contributed by atoms with E-state index in [4.69, 9.17) is 0 Å². The first-order chi connectivity index (χ1) is 7.24. The third-order valence-corrected chi connectivity index (χ3v) is 2.36. The molecular weight excluding hydrogens is 180 g/mol. The van der Waals surface area contributed by atoms with Crippen molar-refractivity contribution in [2.75, 3.05) is 0 Å². The van der Waals surface area contributed by atoms with Gasteiger partial charge in [0.25, 0.3) is 0 Å². The average Bonchev–Trinajstić information content (AvgIpc) is 2.30. The van der Waals surface area contributed by atoms with Crippen molar-refractivity contribution in [3.63, 3.8) is 0 Å². The number of rotatable bonds is 3. The Kier molecular flexibility index (Phi) is 3.87. The maximum absolute atomic E-state index is 3.96. The topological polar surface area (TPSA) is 0 Å². The third-order valence-electron chi connectivity index (χ3n) is 2.36. The number of benzene rings is 1. The maximum atomic E-state index is 3.96. The quantitative estimate of drug-likeness (QED) is 0.652. The molecule has 0 unspecified atom stereocenters. The lowest BCUT2D eigenvalue weighted by Crippen LogP contribution is -2.26. The summed E-state index contributed by atoms with van der Waals surface area (Å²) in [5.41, 5.74) is 1.94. The normalized spacial score (nSPS) is 13.3. The Hall–Kier alpha value is -1.82. The molecule has 0 nitrogen and oxygen atoms in total. The Morgan fingerprint density at radius 3 is 2.33 bits per heavy atom. The number of hydrogen-bond donors (Lipinski definition) is 0. The van der Waals surface area contributed by atoms with Crippen LogP contribution in [0.1, 0.15) is 6.92 Å². The summed E-state index contributed by atoms with van der Waals surface area (Å²) in [5.74, 6) is 0. The fourth-order valence-electron chi connectivity index (χ4n) is 1.52. The molecule has 0 radical (unpaired) electrons. The third kappa shape index (κ3) is 2.35. The van der Waals surface area contributed by atoms with E-state index in [0.717, 1.165) is 16.4 Å². The Balaban J connectivity index is 3.71. The second-order valence-electron chi connectivity index (χ2n) is 3.22. The van der Waals surface area contributed by atoms with Gasteiger partial charge in [-0.1, -0.05) is 62.2 Å². The molecule has 0 aliphatic carbocycles. The summed E-state index contributed by atoms with van der Waals surface area (Å²) in [6, 6.07) is 8.19. The van der Waals surface area contributed by atoms with E-state index in [2.05, 4.69) is 37.9 Å².